The van der Waals surface area contributed by atoms with Crippen molar-refractivity contribution in [1.82, 2.24) is 10.6 Å². The van der Waals surface area contributed by atoms with E-state index in [0.29, 0.717) is 31.7 Å². The van der Waals surface area contributed by atoms with Crippen LogP contribution < -0.4 is 26.2 Å². The number of rotatable bonds is 7. The summed E-state index contributed by atoms with van der Waals surface area (Å²) in [5, 5.41) is 11.2. The summed E-state index contributed by atoms with van der Waals surface area (Å²) in [6, 6.07) is 14.5. The number of amides is 4. The van der Waals surface area contributed by atoms with E-state index in [4.69, 9.17) is 0 Å². The van der Waals surface area contributed by atoms with Gasteiger partial charge in [0.2, 0.25) is 11.8 Å². The van der Waals surface area contributed by atoms with Crippen LogP contribution in [0.3, 0.4) is 0 Å². The molecule has 0 aliphatic carbocycles. The van der Waals surface area contributed by atoms with Crippen molar-refractivity contribution in [2.24, 2.45) is 0 Å². The molecule has 0 atom stereocenters. The van der Waals surface area contributed by atoms with Gasteiger partial charge in [0.25, 0.3) is 0 Å². The number of hydrogen-bond acceptors (Lipinski definition) is 4. The molecule has 2 aromatic rings. The number of carbonyl (C=O) groups is 3. The molecule has 8 nitrogen and oxygen atoms in total. The van der Waals surface area contributed by atoms with Gasteiger partial charge in [0.1, 0.15) is 0 Å². The maximum Gasteiger partial charge on any atom is 0.319 e. The number of urea groups is 1. The highest BCUT2D eigenvalue weighted by Gasteiger charge is 2.16. The van der Waals surface area contributed by atoms with E-state index in [9.17, 15) is 14.4 Å². The smallest absolute Gasteiger partial charge is 0.319 e. The van der Waals surface area contributed by atoms with E-state index in [0.717, 1.165) is 29.9 Å². The first-order chi connectivity index (χ1) is 14.5. The quantitative estimate of drug-likeness (QED) is 0.565. The van der Waals surface area contributed by atoms with Crippen molar-refractivity contribution >= 4 is 34.9 Å². The minimum absolute atomic E-state index is 0.00248. The summed E-state index contributed by atoms with van der Waals surface area (Å²) in [6.07, 6.45) is 1.30. The van der Waals surface area contributed by atoms with Gasteiger partial charge >= 0.3 is 6.03 Å². The predicted molar refractivity (Wildman–Crippen MR) is 118 cm³/mol. The minimum atomic E-state index is -0.305. The highest BCUT2D eigenvalue weighted by molar-refractivity contribution is 5.91. The van der Waals surface area contributed by atoms with Gasteiger partial charge in [-0.05, 0) is 48.4 Å². The first-order valence-corrected chi connectivity index (χ1v) is 10.1. The summed E-state index contributed by atoms with van der Waals surface area (Å²) < 4.78 is 0. The molecule has 2 aromatic carbocycles. The lowest BCUT2D eigenvalue weighted by Gasteiger charge is -2.28. The summed E-state index contributed by atoms with van der Waals surface area (Å²) >= 11 is 0. The van der Waals surface area contributed by atoms with E-state index >= 15 is 0 Å². The highest BCUT2D eigenvalue weighted by atomic mass is 16.2. The molecule has 0 spiro atoms. The predicted octanol–water partition coefficient (Wildman–Crippen LogP) is 2.68. The first kappa shape index (κ1) is 21.2. The van der Waals surface area contributed by atoms with Crippen molar-refractivity contribution in [1.29, 1.82) is 0 Å². The lowest BCUT2D eigenvalue weighted by molar-refractivity contribution is -0.120. The van der Waals surface area contributed by atoms with Gasteiger partial charge in [0.15, 0.2) is 0 Å². The van der Waals surface area contributed by atoms with Crippen molar-refractivity contribution in [3.63, 3.8) is 0 Å². The van der Waals surface area contributed by atoms with Gasteiger partial charge < -0.3 is 26.2 Å². The molecule has 0 radical (unpaired) electrons. The Labute approximate surface area is 176 Å². The zero-order chi connectivity index (χ0) is 21.3. The Hall–Kier alpha value is -3.55. The van der Waals surface area contributed by atoms with E-state index in [-0.39, 0.29) is 17.8 Å². The van der Waals surface area contributed by atoms with Crippen LogP contribution in [0.15, 0.2) is 48.5 Å². The van der Waals surface area contributed by atoms with Crippen LogP contribution in [0.25, 0.3) is 0 Å². The lowest BCUT2D eigenvalue weighted by Crippen LogP contribution is -2.47. The molecule has 0 aromatic heterocycles. The van der Waals surface area contributed by atoms with Crippen LogP contribution in [0, 0.1) is 0 Å². The highest BCUT2D eigenvalue weighted by Crippen LogP contribution is 2.18. The van der Waals surface area contributed by atoms with Gasteiger partial charge in [0, 0.05) is 43.1 Å². The first-order valence-electron chi connectivity index (χ1n) is 10.1. The van der Waals surface area contributed by atoms with E-state index < -0.39 is 0 Å². The average molecular weight is 409 g/mol. The standard InChI is InChI=1S/C22H27N5O3/c1-2-3-20(28)25-17-6-4-16(5-7-17)14-24-22(30)26-18-8-10-19(11-9-18)27-13-12-23-21(29)15-27/h4-11H,2-3,12-15H2,1H3,(H,23,29)(H,25,28)(H2,24,26,30). The normalized spacial score (nSPS) is 13.4. The molecule has 0 bridgehead atoms. The Morgan fingerprint density at radius 1 is 1.00 bits per heavy atom. The topological polar surface area (TPSA) is 103 Å². The molecule has 158 valence electrons. The van der Waals surface area contributed by atoms with Crippen molar-refractivity contribution in [3.8, 4) is 0 Å². The monoisotopic (exact) mass is 409 g/mol. The van der Waals surface area contributed by atoms with Crippen molar-refractivity contribution < 1.29 is 14.4 Å². The number of anilines is 3. The zero-order valence-corrected chi connectivity index (χ0v) is 17.0. The number of hydrogen-bond donors (Lipinski definition) is 4. The maximum absolute atomic E-state index is 12.2. The Bertz CT molecular complexity index is 881. The van der Waals surface area contributed by atoms with Crippen LogP contribution in [-0.4, -0.2) is 37.5 Å². The molecule has 1 fully saturated rings. The van der Waals surface area contributed by atoms with Crippen molar-refractivity contribution in [2.45, 2.75) is 26.3 Å². The molecule has 1 aliphatic rings. The molecule has 4 amide bonds. The molecule has 0 saturated carbocycles. The zero-order valence-electron chi connectivity index (χ0n) is 17.0. The lowest BCUT2D eigenvalue weighted by atomic mass is 10.2. The van der Waals surface area contributed by atoms with Crippen LogP contribution in [-0.2, 0) is 16.1 Å². The van der Waals surface area contributed by atoms with Crippen LogP contribution in [0.1, 0.15) is 25.3 Å². The van der Waals surface area contributed by atoms with Crippen molar-refractivity contribution in [3.05, 3.63) is 54.1 Å². The summed E-state index contributed by atoms with van der Waals surface area (Å²) in [5.74, 6) is 0.0107. The van der Waals surface area contributed by atoms with E-state index in [1.165, 1.54) is 0 Å². The molecule has 4 N–H and O–H groups in total. The van der Waals surface area contributed by atoms with E-state index in [2.05, 4.69) is 21.3 Å². The van der Waals surface area contributed by atoms with Crippen LogP contribution in [0.2, 0.25) is 0 Å². The summed E-state index contributed by atoms with van der Waals surface area (Å²) in [6.45, 7) is 4.07. The maximum atomic E-state index is 12.2. The van der Waals surface area contributed by atoms with Gasteiger partial charge in [-0.3, -0.25) is 9.59 Å². The second-order valence-electron chi connectivity index (χ2n) is 7.12. The van der Waals surface area contributed by atoms with Gasteiger partial charge in [-0.2, -0.15) is 0 Å². The van der Waals surface area contributed by atoms with E-state index in [1.54, 1.807) is 0 Å². The third-order valence-corrected chi connectivity index (χ3v) is 4.70. The van der Waals surface area contributed by atoms with Crippen LogP contribution >= 0.6 is 0 Å². The summed E-state index contributed by atoms with van der Waals surface area (Å²) in [4.78, 5) is 37.3. The number of carbonyl (C=O) groups excluding carboxylic acids is 3. The molecule has 0 unspecified atom stereocenters. The number of benzene rings is 2. The second kappa shape index (κ2) is 10.3. The fourth-order valence-corrected chi connectivity index (χ4v) is 3.13. The third-order valence-electron chi connectivity index (χ3n) is 4.70. The van der Waals surface area contributed by atoms with Crippen LogP contribution in [0.5, 0.6) is 0 Å². The Kier molecular flexibility index (Phi) is 7.26. The molecule has 3 rings (SSSR count). The van der Waals surface area contributed by atoms with Gasteiger partial charge in [0.05, 0.1) is 6.54 Å². The Morgan fingerprint density at radius 3 is 2.33 bits per heavy atom. The molecular formula is C22H27N5O3. The molecular weight excluding hydrogens is 382 g/mol. The second-order valence-corrected chi connectivity index (χ2v) is 7.12. The Balaban J connectivity index is 1.45. The third kappa shape index (κ3) is 6.23. The number of nitrogens with one attached hydrogen (secondary N) is 4. The molecule has 1 heterocycles. The minimum Gasteiger partial charge on any atom is -0.360 e. The average Bonchev–Trinajstić information content (AvgIpc) is 2.74. The fraction of sp³-hybridized carbons (Fsp3) is 0.318. The SMILES string of the molecule is CCCC(=O)Nc1ccc(CNC(=O)Nc2ccc(N3CCNC(=O)C3)cc2)cc1. The fourth-order valence-electron chi connectivity index (χ4n) is 3.13. The summed E-state index contributed by atoms with van der Waals surface area (Å²) in [5.41, 5.74) is 3.29. The van der Waals surface area contributed by atoms with Crippen molar-refractivity contribution in [2.75, 3.05) is 35.2 Å². The number of piperazine rings is 1. The van der Waals surface area contributed by atoms with E-state index in [1.807, 2.05) is 60.4 Å². The largest absolute Gasteiger partial charge is 0.360 e. The van der Waals surface area contributed by atoms with Gasteiger partial charge in [-0.25, -0.2) is 4.79 Å². The molecule has 1 saturated heterocycles. The van der Waals surface area contributed by atoms with Gasteiger partial charge in [-0.1, -0.05) is 19.1 Å². The van der Waals surface area contributed by atoms with Gasteiger partial charge in [-0.15, -0.1) is 0 Å². The molecule has 30 heavy (non-hydrogen) atoms. The summed E-state index contributed by atoms with van der Waals surface area (Å²) in [7, 11) is 0. The molecule has 1 aliphatic heterocycles. The Morgan fingerprint density at radius 2 is 1.67 bits per heavy atom. The van der Waals surface area contributed by atoms with Crippen LogP contribution in [0.4, 0.5) is 21.9 Å². The number of nitrogens with zero attached hydrogens (tertiary/aromatic N) is 1. The molecule has 8 heteroatoms.